The number of para-hydroxylation sites is 1. The Hall–Kier alpha value is -3.97. The zero-order valence-electron chi connectivity index (χ0n) is 18.0. The van der Waals surface area contributed by atoms with Gasteiger partial charge in [0.2, 0.25) is 5.90 Å². The second kappa shape index (κ2) is 7.86. The Morgan fingerprint density at radius 1 is 0.879 bits per heavy atom. The lowest BCUT2D eigenvalue weighted by Crippen LogP contribution is -2.11. The smallest absolute Gasteiger partial charge is 0.363 e. The summed E-state index contributed by atoms with van der Waals surface area (Å²) in [4.78, 5) is 17.0. The van der Waals surface area contributed by atoms with Crippen LogP contribution in [0.1, 0.15) is 22.3 Å². The van der Waals surface area contributed by atoms with Crippen LogP contribution in [0, 0.1) is 13.8 Å². The Bertz CT molecular complexity index is 1560. The molecule has 3 aromatic carbocycles. The van der Waals surface area contributed by atoms with Gasteiger partial charge in [-0.25, -0.2) is 22.2 Å². The minimum Gasteiger partial charge on any atom is -0.402 e. The normalized spacial score (nSPS) is 15.2. The van der Waals surface area contributed by atoms with Gasteiger partial charge in [0.25, 0.3) is 10.0 Å². The molecule has 1 aromatic heterocycles. The number of hydrogen-bond donors (Lipinski definition) is 0. The van der Waals surface area contributed by atoms with Crippen LogP contribution in [0.5, 0.6) is 0 Å². The van der Waals surface area contributed by atoms with E-state index in [2.05, 4.69) is 4.99 Å². The third-order valence-corrected chi connectivity index (χ3v) is 7.19. The fourth-order valence-corrected chi connectivity index (χ4v) is 5.07. The molecule has 1 aliphatic heterocycles. The van der Waals surface area contributed by atoms with Crippen LogP contribution in [0.3, 0.4) is 0 Å². The summed E-state index contributed by atoms with van der Waals surface area (Å²) in [5, 5.41) is 0.687. The van der Waals surface area contributed by atoms with Gasteiger partial charge in [0, 0.05) is 22.7 Å². The highest BCUT2D eigenvalue weighted by molar-refractivity contribution is 7.90. The van der Waals surface area contributed by atoms with Gasteiger partial charge >= 0.3 is 5.97 Å². The molecule has 0 spiro atoms. The van der Waals surface area contributed by atoms with Crippen LogP contribution in [0.2, 0.25) is 0 Å². The van der Waals surface area contributed by atoms with Crippen molar-refractivity contribution in [1.82, 2.24) is 3.97 Å². The van der Waals surface area contributed by atoms with Crippen LogP contribution in [0.15, 0.2) is 94.6 Å². The number of aromatic nitrogens is 1. The molecule has 0 radical (unpaired) electrons. The van der Waals surface area contributed by atoms with Crippen LogP contribution in [-0.2, 0) is 19.6 Å². The van der Waals surface area contributed by atoms with Gasteiger partial charge in [-0.1, -0.05) is 53.6 Å². The van der Waals surface area contributed by atoms with Crippen molar-refractivity contribution < 1.29 is 17.9 Å². The maximum absolute atomic E-state index is 13.4. The van der Waals surface area contributed by atoms with E-state index in [4.69, 9.17) is 4.74 Å². The van der Waals surface area contributed by atoms with Gasteiger partial charge in [-0.05, 0) is 50.3 Å². The molecule has 0 fully saturated rings. The average molecular weight is 457 g/mol. The summed E-state index contributed by atoms with van der Waals surface area (Å²) < 4.78 is 33.3. The maximum atomic E-state index is 13.4. The molecule has 33 heavy (non-hydrogen) atoms. The standard InChI is InChI=1S/C26H20N2O4S/c1-17-7-11-19(12-8-17)25-27-23(26(29)32-25)15-20-16-28(24-6-4-3-5-22(20)24)33(30,31)21-13-9-18(2)10-14-21/h3-16H,1-2H3. The lowest BCUT2D eigenvalue weighted by molar-refractivity contribution is -0.129. The van der Waals surface area contributed by atoms with E-state index in [-0.39, 0.29) is 16.5 Å². The average Bonchev–Trinajstić information content (AvgIpc) is 3.36. The minimum absolute atomic E-state index is 0.112. The van der Waals surface area contributed by atoms with E-state index >= 15 is 0 Å². The summed E-state index contributed by atoms with van der Waals surface area (Å²) in [5.41, 5.74) is 3.94. The Labute approximate surface area is 191 Å². The zero-order chi connectivity index (χ0) is 23.2. The summed E-state index contributed by atoms with van der Waals surface area (Å²) in [5.74, 6) is -0.355. The fraction of sp³-hybridized carbons (Fsp3) is 0.0769. The highest BCUT2D eigenvalue weighted by Crippen LogP contribution is 2.29. The third-order valence-electron chi connectivity index (χ3n) is 5.50. The Morgan fingerprint density at radius 3 is 2.21 bits per heavy atom. The molecule has 0 atom stereocenters. The molecule has 0 aliphatic carbocycles. The molecule has 0 amide bonds. The number of ether oxygens (including phenoxy) is 1. The van der Waals surface area contributed by atoms with Crippen molar-refractivity contribution in [3.63, 3.8) is 0 Å². The van der Waals surface area contributed by atoms with E-state index in [0.29, 0.717) is 22.0 Å². The van der Waals surface area contributed by atoms with Crippen LogP contribution < -0.4 is 0 Å². The van der Waals surface area contributed by atoms with Crippen LogP contribution in [-0.4, -0.2) is 24.3 Å². The number of aliphatic imine (C=N–C) groups is 1. The second-order valence-corrected chi connectivity index (χ2v) is 9.73. The Morgan fingerprint density at radius 2 is 1.52 bits per heavy atom. The molecule has 0 bridgehead atoms. The van der Waals surface area contributed by atoms with E-state index in [1.807, 2.05) is 50.2 Å². The van der Waals surface area contributed by atoms with Crippen molar-refractivity contribution >= 4 is 38.9 Å². The van der Waals surface area contributed by atoms with Gasteiger partial charge in [-0.15, -0.1) is 0 Å². The molecule has 1 aliphatic rings. The number of benzene rings is 3. The van der Waals surface area contributed by atoms with Gasteiger partial charge in [0.15, 0.2) is 5.70 Å². The fourth-order valence-electron chi connectivity index (χ4n) is 3.69. The van der Waals surface area contributed by atoms with Gasteiger partial charge < -0.3 is 4.74 Å². The van der Waals surface area contributed by atoms with E-state index < -0.39 is 16.0 Å². The molecule has 5 rings (SSSR count). The molecule has 4 aromatic rings. The second-order valence-electron chi connectivity index (χ2n) is 7.92. The van der Waals surface area contributed by atoms with Gasteiger partial charge in [-0.2, -0.15) is 0 Å². The number of carbonyl (C=O) groups is 1. The number of fused-ring (bicyclic) bond motifs is 1. The van der Waals surface area contributed by atoms with E-state index in [0.717, 1.165) is 11.1 Å². The number of esters is 1. The van der Waals surface area contributed by atoms with Crippen molar-refractivity contribution in [3.05, 3.63) is 107 Å². The van der Waals surface area contributed by atoms with Crippen molar-refractivity contribution in [3.8, 4) is 0 Å². The number of carbonyl (C=O) groups excluding carboxylic acids is 1. The number of hydrogen-bond acceptors (Lipinski definition) is 5. The quantitative estimate of drug-likeness (QED) is 0.325. The largest absolute Gasteiger partial charge is 0.402 e. The predicted octanol–water partition coefficient (Wildman–Crippen LogP) is 4.84. The topological polar surface area (TPSA) is 77.7 Å². The summed E-state index contributed by atoms with van der Waals surface area (Å²) in [7, 11) is -3.83. The van der Waals surface area contributed by atoms with E-state index in [1.54, 1.807) is 42.5 Å². The van der Waals surface area contributed by atoms with Gasteiger partial charge in [-0.3, -0.25) is 0 Å². The minimum atomic E-state index is -3.83. The Kier molecular flexibility index (Phi) is 4.98. The summed E-state index contributed by atoms with van der Waals surface area (Å²) >= 11 is 0. The first-order valence-corrected chi connectivity index (χ1v) is 11.8. The number of cyclic esters (lactones) is 1. The third kappa shape index (κ3) is 3.76. The van der Waals surface area contributed by atoms with Crippen LogP contribution in [0.25, 0.3) is 17.0 Å². The van der Waals surface area contributed by atoms with Gasteiger partial charge in [0.05, 0.1) is 10.4 Å². The molecule has 164 valence electrons. The lowest BCUT2D eigenvalue weighted by atomic mass is 10.1. The molecular formula is C26H20N2O4S. The van der Waals surface area contributed by atoms with E-state index in [1.165, 1.54) is 10.2 Å². The molecular weight excluding hydrogens is 436 g/mol. The number of rotatable bonds is 4. The molecule has 0 saturated carbocycles. The van der Waals surface area contributed by atoms with Crippen molar-refractivity contribution in [2.75, 3.05) is 0 Å². The maximum Gasteiger partial charge on any atom is 0.363 e. The summed E-state index contributed by atoms with van der Waals surface area (Å²) in [6, 6.07) is 21.3. The SMILES string of the molecule is Cc1ccc(C2=NC(=Cc3cn(S(=O)(=O)c4ccc(C)cc4)c4ccccc34)C(=O)O2)cc1. The van der Waals surface area contributed by atoms with Crippen LogP contribution in [0.4, 0.5) is 0 Å². The van der Waals surface area contributed by atoms with Crippen molar-refractivity contribution in [1.29, 1.82) is 0 Å². The van der Waals surface area contributed by atoms with Crippen molar-refractivity contribution in [2.45, 2.75) is 18.7 Å². The van der Waals surface area contributed by atoms with Crippen LogP contribution >= 0.6 is 0 Å². The molecule has 0 unspecified atom stereocenters. The molecule has 7 heteroatoms. The highest BCUT2D eigenvalue weighted by atomic mass is 32.2. The summed E-state index contributed by atoms with van der Waals surface area (Å²) in [6.07, 6.45) is 3.08. The zero-order valence-corrected chi connectivity index (χ0v) is 18.8. The first-order chi connectivity index (χ1) is 15.8. The predicted molar refractivity (Wildman–Crippen MR) is 127 cm³/mol. The summed E-state index contributed by atoms with van der Waals surface area (Å²) in [6.45, 7) is 3.87. The first kappa shape index (κ1) is 20.9. The first-order valence-electron chi connectivity index (χ1n) is 10.3. The molecule has 0 saturated heterocycles. The number of nitrogens with zero attached hydrogens (tertiary/aromatic N) is 2. The molecule has 2 heterocycles. The lowest BCUT2D eigenvalue weighted by Gasteiger charge is -2.07. The van der Waals surface area contributed by atoms with Crippen molar-refractivity contribution in [2.24, 2.45) is 4.99 Å². The van der Waals surface area contributed by atoms with Gasteiger partial charge in [0.1, 0.15) is 0 Å². The monoisotopic (exact) mass is 456 g/mol. The number of aryl methyl sites for hydroxylation is 2. The highest BCUT2D eigenvalue weighted by Gasteiger charge is 2.26. The Balaban J connectivity index is 1.61. The van der Waals surface area contributed by atoms with E-state index in [9.17, 15) is 13.2 Å². The molecule has 6 nitrogen and oxygen atoms in total. The molecule has 0 N–H and O–H groups in total.